The minimum atomic E-state index is -0.0918. The summed E-state index contributed by atoms with van der Waals surface area (Å²) in [7, 11) is 1.67. The van der Waals surface area contributed by atoms with Crippen molar-refractivity contribution in [1.82, 2.24) is 0 Å². The van der Waals surface area contributed by atoms with E-state index in [1.54, 1.807) is 7.11 Å². The van der Waals surface area contributed by atoms with Crippen LogP contribution in [0.2, 0.25) is 0 Å². The fourth-order valence-corrected chi connectivity index (χ4v) is 2.10. The average molecular weight is 241 g/mol. The highest BCUT2D eigenvalue weighted by molar-refractivity contribution is 5.53. The predicted octanol–water partition coefficient (Wildman–Crippen LogP) is 3.34. The lowest BCUT2D eigenvalue weighted by Crippen LogP contribution is -2.20. The average Bonchev–Trinajstić information content (AvgIpc) is 2.47. The molecule has 1 heterocycles. The lowest BCUT2D eigenvalue weighted by Gasteiger charge is -2.27. The SMILES string of the molecule is COc1ccc([C@H]2Nc3ccccc3CO2)cc1. The van der Waals surface area contributed by atoms with Crippen molar-refractivity contribution in [2.24, 2.45) is 0 Å². The zero-order valence-corrected chi connectivity index (χ0v) is 10.2. The van der Waals surface area contributed by atoms with Gasteiger partial charge in [-0.2, -0.15) is 0 Å². The van der Waals surface area contributed by atoms with E-state index in [9.17, 15) is 0 Å². The molecular weight excluding hydrogens is 226 g/mol. The summed E-state index contributed by atoms with van der Waals surface area (Å²) in [6.45, 7) is 0.639. The van der Waals surface area contributed by atoms with Crippen molar-refractivity contribution in [2.75, 3.05) is 12.4 Å². The van der Waals surface area contributed by atoms with Crippen LogP contribution in [0.25, 0.3) is 0 Å². The zero-order chi connectivity index (χ0) is 12.4. The summed E-state index contributed by atoms with van der Waals surface area (Å²) in [5, 5.41) is 3.39. The van der Waals surface area contributed by atoms with E-state index in [-0.39, 0.29) is 6.23 Å². The van der Waals surface area contributed by atoms with Crippen LogP contribution in [0.1, 0.15) is 17.4 Å². The largest absolute Gasteiger partial charge is 0.497 e. The first-order valence-corrected chi connectivity index (χ1v) is 5.97. The fraction of sp³-hybridized carbons (Fsp3) is 0.200. The Morgan fingerprint density at radius 3 is 2.67 bits per heavy atom. The number of para-hydroxylation sites is 1. The highest BCUT2D eigenvalue weighted by Gasteiger charge is 2.18. The van der Waals surface area contributed by atoms with Gasteiger partial charge in [-0.1, -0.05) is 30.3 Å². The monoisotopic (exact) mass is 241 g/mol. The summed E-state index contributed by atoms with van der Waals surface area (Å²) in [5.41, 5.74) is 3.44. The van der Waals surface area contributed by atoms with Gasteiger partial charge in [-0.05, 0) is 18.2 Å². The third-order valence-corrected chi connectivity index (χ3v) is 3.13. The van der Waals surface area contributed by atoms with Gasteiger partial charge in [0.05, 0.1) is 13.7 Å². The van der Waals surface area contributed by atoms with Crippen LogP contribution in [0.3, 0.4) is 0 Å². The second-order valence-corrected chi connectivity index (χ2v) is 4.27. The maximum atomic E-state index is 5.81. The van der Waals surface area contributed by atoms with Crippen LogP contribution >= 0.6 is 0 Å². The van der Waals surface area contributed by atoms with Gasteiger partial charge in [0.1, 0.15) is 5.75 Å². The molecule has 0 aromatic heterocycles. The Bertz CT molecular complexity index is 536. The van der Waals surface area contributed by atoms with Crippen molar-refractivity contribution >= 4 is 5.69 Å². The molecule has 0 saturated carbocycles. The summed E-state index contributed by atoms with van der Waals surface area (Å²) in [6, 6.07) is 16.1. The molecule has 1 aliphatic rings. The quantitative estimate of drug-likeness (QED) is 0.874. The summed E-state index contributed by atoms with van der Waals surface area (Å²) < 4.78 is 11.0. The van der Waals surface area contributed by atoms with Crippen LogP contribution in [0.15, 0.2) is 48.5 Å². The number of nitrogens with one attached hydrogen (secondary N) is 1. The lowest BCUT2D eigenvalue weighted by molar-refractivity contribution is 0.0507. The molecule has 0 radical (unpaired) electrons. The first-order chi connectivity index (χ1) is 8.86. The zero-order valence-electron chi connectivity index (χ0n) is 10.2. The van der Waals surface area contributed by atoms with Gasteiger partial charge in [0.15, 0.2) is 6.23 Å². The minimum Gasteiger partial charge on any atom is -0.497 e. The minimum absolute atomic E-state index is 0.0918. The van der Waals surface area contributed by atoms with Crippen LogP contribution in [-0.2, 0) is 11.3 Å². The van der Waals surface area contributed by atoms with Crippen molar-refractivity contribution in [3.63, 3.8) is 0 Å². The van der Waals surface area contributed by atoms with Crippen LogP contribution in [-0.4, -0.2) is 7.11 Å². The molecule has 1 atom stereocenters. The highest BCUT2D eigenvalue weighted by Crippen LogP contribution is 2.30. The van der Waals surface area contributed by atoms with Crippen molar-refractivity contribution in [3.05, 3.63) is 59.7 Å². The summed E-state index contributed by atoms with van der Waals surface area (Å²) in [6.07, 6.45) is -0.0918. The standard InChI is InChI=1S/C15H15NO2/c1-17-13-8-6-11(7-9-13)15-16-14-5-3-2-4-12(14)10-18-15/h2-9,15-16H,10H2,1H3/t15-/m0/s1. The van der Waals surface area contributed by atoms with E-state index in [0.29, 0.717) is 6.61 Å². The van der Waals surface area contributed by atoms with Gasteiger partial charge in [0.25, 0.3) is 0 Å². The van der Waals surface area contributed by atoms with E-state index in [1.165, 1.54) is 5.56 Å². The predicted molar refractivity (Wildman–Crippen MR) is 70.6 cm³/mol. The third-order valence-electron chi connectivity index (χ3n) is 3.13. The number of anilines is 1. The Balaban J connectivity index is 1.82. The molecule has 0 amide bonds. The third kappa shape index (κ3) is 2.05. The molecular formula is C15H15NO2. The van der Waals surface area contributed by atoms with Crippen molar-refractivity contribution in [3.8, 4) is 5.75 Å². The number of ether oxygens (including phenoxy) is 2. The molecule has 0 unspecified atom stereocenters. The van der Waals surface area contributed by atoms with E-state index < -0.39 is 0 Å². The Morgan fingerprint density at radius 1 is 1.11 bits per heavy atom. The topological polar surface area (TPSA) is 30.5 Å². The molecule has 18 heavy (non-hydrogen) atoms. The summed E-state index contributed by atoms with van der Waals surface area (Å²) in [4.78, 5) is 0. The maximum Gasteiger partial charge on any atom is 0.154 e. The first-order valence-electron chi connectivity index (χ1n) is 5.97. The second kappa shape index (κ2) is 4.70. The first kappa shape index (κ1) is 11.1. The van der Waals surface area contributed by atoms with Gasteiger partial charge in [-0.3, -0.25) is 0 Å². The van der Waals surface area contributed by atoms with E-state index >= 15 is 0 Å². The van der Waals surface area contributed by atoms with Gasteiger partial charge in [-0.15, -0.1) is 0 Å². The van der Waals surface area contributed by atoms with Crippen LogP contribution in [0.5, 0.6) is 5.75 Å². The van der Waals surface area contributed by atoms with Gasteiger partial charge in [0, 0.05) is 16.8 Å². The number of methoxy groups -OCH3 is 1. The van der Waals surface area contributed by atoms with Crippen molar-refractivity contribution in [2.45, 2.75) is 12.8 Å². The van der Waals surface area contributed by atoms with Crippen LogP contribution in [0.4, 0.5) is 5.69 Å². The number of rotatable bonds is 2. The molecule has 3 heteroatoms. The molecule has 0 fully saturated rings. The fourth-order valence-electron chi connectivity index (χ4n) is 2.10. The van der Waals surface area contributed by atoms with Gasteiger partial charge < -0.3 is 14.8 Å². The summed E-state index contributed by atoms with van der Waals surface area (Å²) >= 11 is 0. The molecule has 3 rings (SSSR count). The normalized spacial score (nSPS) is 17.7. The molecule has 3 nitrogen and oxygen atoms in total. The van der Waals surface area contributed by atoms with Crippen molar-refractivity contribution in [1.29, 1.82) is 0 Å². The molecule has 2 aromatic rings. The Labute approximate surface area is 106 Å². The molecule has 92 valence electrons. The van der Waals surface area contributed by atoms with Gasteiger partial charge in [0.2, 0.25) is 0 Å². The molecule has 0 bridgehead atoms. The Morgan fingerprint density at radius 2 is 1.89 bits per heavy atom. The molecule has 0 saturated heterocycles. The smallest absolute Gasteiger partial charge is 0.154 e. The number of hydrogen-bond acceptors (Lipinski definition) is 3. The highest BCUT2D eigenvalue weighted by atomic mass is 16.5. The molecule has 0 aliphatic carbocycles. The number of fused-ring (bicyclic) bond motifs is 1. The van der Waals surface area contributed by atoms with Crippen molar-refractivity contribution < 1.29 is 9.47 Å². The molecule has 1 N–H and O–H groups in total. The Kier molecular flexibility index (Phi) is 2.90. The van der Waals surface area contributed by atoms with Gasteiger partial charge >= 0.3 is 0 Å². The number of benzene rings is 2. The van der Waals surface area contributed by atoms with Crippen LogP contribution < -0.4 is 10.1 Å². The van der Waals surface area contributed by atoms with E-state index in [0.717, 1.165) is 17.0 Å². The summed E-state index contributed by atoms with van der Waals surface area (Å²) in [5.74, 6) is 0.856. The molecule has 2 aromatic carbocycles. The molecule has 1 aliphatic heterocycles. The van der Waals surface area contributed by atoms with E-state index in [2.05, 4.69) is 17.4 Å². The Hall–Kier alpha value is -2.00. The van der Waals surface area contributed by atoms with E-state index in [4.69, 9.17) is 9.47 Å². The second-order valence-electron chi connectivity index (χ2n) is 4.27. The van der Waals surface area contributed by atoms with Gasteiger partial charge in [-0.25, -0.2) is 0 Å². The molecule has 0 spiro atoms. The lowest BCUT2D eigenvalue weighted by atomic mass is 10.1. The number of hydrogen-bond donors (Lipinski definition) is 1. The van der Waals surface area contributed by atoms with E-state index in [1.807, 2.05) is 36.4 Å². The van der Waals surface area contributed by atoms with Crippen LogP contribution in [0, 0.1) is 0 Å². The maximum absolute atomic E-state index is 5.81.